The summed E-state index contributed by atoms with van der Waals surface area (Å²) >= 11 is 0. The average Bonchev–Trinajstić information content (AvgIpc) is 2.55. The molecule has 0 bridgehead atoms. The molecule has 0 fully saturated rings. The highest BCUT2D eigenvalue weighted by Crippen LogP contribution is 2.24. The van der Waals surface area contributed by atoms with E-state index in [9.17, 15) is 19.1 Å². The summed E-state index contributed by atoms with van der Waals surface area (Å²) in [5.74, 6) is -1.87. The number of carboxylic acid groups (broad SMARTS) is 1. The zero-order valence-electron chi connectivity index (χ0n) is 12.4. The number of hydrogen-bond acceptors (Lipinski definition) is 2. The van der Waals surface area contributed by atoms with Gasteiger partial charge in [-0.25, -0.2) is 9.18 Å². The van der Waals surface area contributed by atoms with Gasteiger partial charge in [-0.05, 0) is 22.8 Å². The summed E-state index contributed by atoms with van der Waals surface area (Å²) < 4.78 is 13.7. The molecular weight excluding hydrogens is 297 g/mol. The third-order valence-electron chi connectivity index (χ3n) is 4.15. The fourth-order valence-electron chi connectivity index (χ4n) is 2.91. The summed E-state index contributed by atoms with van der Waals surface area (Å²) in [5.41, 5.74) is 2.15. The van der Waals surface area contributed by atoms with Gasteiger partial charge in [0, 0.05) is 13.0 Å². The number of aliphatic carboxylic acids is 1. The lowest BCUT2D eigenvalue weighted by atomic mass is 9.93. The van der Waals surface area contributed by atoms with Gasteiger partial charge in [0.1, 0.15) is 11.9 Å². The van der Waals surface area contributed by atoms with E-state index in [2.05, 4.69) is 0 Å². The predicted molar refractivity (Wildman–Crippen MR) is 82.2 cm³/mol. The monoisotopic (exact) mass is 313 g/mol. The summed E-state index contributed by atoms with van der Waals surface area (Å²) in [4.78, 5) is 25.4. The number of amides is 1. The summed E-state index contributed by atoms with van der Waals surface area (Å²) in [7, 11) is 0. The van der Waals surface area contributed by atoms with Gasteiger partial charge in [-0.3, -0.25) is 4.79 Å². The van der Waals surface area contributed by atoms with Crippen LogP contribution < -0.4 is 0 Å². The minimum absolute atomic E-state index is 0.140. The normalized spacial score (nSPS) is 16.7. The summed E-state index contributed by atoms with van der Waals surface area (Å²) in [6, 6.07) is 12.6. The molecule has 23 heavy (non-hydrogen) atoms. The smallest absolute Gasteiger partial charge is 0.326 e. The van der Waals surface area contributed by atoms with Gasteiger partial charge in [-0.1, -0.05) is 42.5 Å². The topological polar surface area (TPSA) is 57.6 Å². The van der Waals surface area contributed by atoms with Crippen LogP contribution in [0.1, 0.15) is 16.7 Å². The van der Waals surface area contributed by atoms with Crippen LogP contribution in [0, 0.1) is 5.82 Å². The highest BCUT2D eigenvalue weighted by atomic mass is 19.1. The van der Waals surface area contributed by atoms with E-state index in [4.69, 9.17) is 0 Å². The van der Waals surface area contributed by atoms with Crippen molar-refractivity contribution in [2.75, 3.05) is 0 Å². The molecule has 2 aromatic carbocycles. The number of hydrogen-bond donors (Lipinski definition) is 1. The highest BCUT2D eigenvalue weighted by Gasteiger charge is 2.34. The predicted octanol–water partition coefficient (Wildman–Crippen LogP) is 2.41. The maximum Gasteiger partial charge on any atom is 0.326 e. The van der Waals surface area contributed by atoms with Crippen molar-refractivity contribution in [2.24, 2.45) is 0 Å². The van der Waals surface area contributed by atoms with E-state index in [1.165, 1.54) is 11.0 Å². The summed E-state index contributed by atoms with van der Waals surface area (Å²) in [5, 5.41) is 9.44. The van der Waals surface area contributed by atoms with E-state index in [1.807, 2.05) is 24.3 Å². The van der Waals surface area contributed by atoms with E-state index < -0.39 is 17.8 Å². The van der Waals surface area contributed by atoms with Crippen LogP contribution in [0.4, 0.5) is 4.39 Å². The first-order valence-electron chi connectivity index (χ1n) is 7.38. The molecule has 0 radical (unpaired) electrons. The lowest BCUT2D eigenvalue weighted by Crippen LogP contribution is -2.49. The first kappa shape index (κ1) is 15.2. The molecule has 0 aliphatic carbocycles. The molecule has 1 aliphatic rings. The molecule has 0 spiro atoms. The average molecular weight is 313 g/mol. The number of fused-ring (bicyclic) bond motifs is 1. The van der Waals surface area contributed by atoms with Crippen LogP contribution in [0.25, 0.3) is 0 Å². The Balaban J connectivity index is 1.86. The zero-order chi connectivity index (χ0) is 16.4. The molecule has 0 aromatic heterocycles. The Morgan fingerprint density at radius 3 is 2.43 bits per heavy atom. The van der Waals surface area contributed by atoms with Crippen LogP contribution in [-0.2, 0) is 29.0 Å². The number of carboxylic acids is 1. The van der Waals surface area contributed by atoms with E-state index in [1.54, 1.807) is 18.2 Å². The van der Waals surface area contributed by atoms with Gasteiger partial charge in [0.2, 0.25) is 5.91 Å². The second-order valence-corrected chi connectivity index (χ2v) is 5.62. The standard InChI is InChI=1S/C18H16FNO3/c19-15-8-4-3-6-13(15)10-17(21)20-11-14-7-2-1-5-12(14)9-16(20)18(22)23/h1-8,16H,9-11H2,(H,22,23)/t16-/m0/s1. The Morgan fingerprint density at radius 2 is 1.74 bits per heavy atom. The van der Waals surface area contributed by atoms with Gasteiger partial charge in [-0.2, -0.15) is 0 Å². The Labute approximate surface area is 133 Å². The quantitative estimate of drug-likeness (QED) is 0.946. The molecule has 1 heterocycles. The number of carbonyl (C=O) groups excluding carboxylic acids is 1. The van der Waals surface area contributed by atoms with E-state index in [0.717, 1.165) is 11.1 Å². The van der Waals surface area contributed by atoms with Crippen LogP contribution in [0.5, 0.6) is 0 Å². The molecular formula is C18H16FNO3. The van der Waals surface area contributed by atoms with Gasteiger partial charge < -0.3 is 10.0 Å². The first-order valence-corrected chi connectivity index (χ1v) is 7.38. The third kappa shape index (κ3) is 3.08. The van der Waals surface area contributed by atoms with Crippen molar-refractivity contribution in [3.63, 3.8) is 0 Å². The molecule has 1 atom stereocenters. The number of halogens is 1. The highest BCUT2D eigenvalue weighted by molar-refractivity contribution is 5.85. The number of benzene rings is 2. The maximum atomic E-state index is 13.7. The van der Waals surface area contributed by atoms with Crippen molar-refractivity contribution in [1.82, 2.24) is 4.90 Å². The summed E-state index contributed by atoms with van der Waals surface area (Å²) in [6.45, 7) is 0.237. The molecule has 3 rings (SSSR count). The van der Waals surface area contributed by atoms with E-state index >= 15 is 0 Å². The molecule has 0 unspecified atom stereocenters. The fraction of sp³-hybridized carbons (Fsp3) is 0.222. The van der Waals surface area contributed by atoms with Crippen molar-refractivity contribution in [1.29, 1.82) is 0 Å². The van der Waals surface area contributed by atoms with Gasteiger partial charge in [-0.15, -0.1) is 0 Å². The first-order chi connectivity index (χ1) is 11.1. The second kappa shape index (κ2) is 6.20. The van der Waals surface area contributed by atoms with Crippen molar-refractivity contribution in [3.8, 4) is 0 Å². The molecule has 118 valence electrons. The Bertz CT molecular complexity index is 759. The Hall–Kier alpha value is -2.69. The Morgan fingerprint density at radius 1 is 1.09 bits per heavy atom. The van der Waals surface area contributed by atoms with Crippen LogP contribution >= 0.6 is 0 Å². The van der Waals surface area contributed by atoms with E-state index in [-0.39, 0.29) is 30.9 Å². The van der Waals surface area contributed by atoms with Crippen molar-refractivity contribution in [2.45, 2.75) is 25.4 Å². The molecule has 5 heteroatoms. The maximum absolute atomic E-state index is 13.7. The van der Waals surface area contributed by atoms with Crippen molar-refractivity contribution < 1.29 is 19.1 Å². The number of carbonyl (C=O) groups is 2. The van der Waals surface area contributed by atoms with Gasteiger partial charge >= 0.3 is 5.97 Å². The fourth-order valence-corrected chi connectivity index (χ4v) is 2.91. The molecule has 2 aromatic rings. The molecule has 1 amide bonds. The van der Waals surface area contributed by atoms with Crippen molar-refractivity contribution in [3.05, 3.63) is 71.0 Å². The molecule has 0 saturated heterocycles. The van der Waals surface area contributed by atoms with Gasteiger partial charge in [0.15, 0.2) is 0 Å². The molecule has 1 aliphatic heterocycles. The van der Waals surface area contributed by atoms with E-state index in [0.29, 0.717) is 0 Å². The van der Waals surface area contributed by atoms with Gasteiger partial charge in [0.25, 0.3) is 0 Å². The van der Waals surface area contributed by atoms with Crippen LogP contribution in [0.2, 0.25) is 0 Å². The van der Waals surface area contributed by atoms with Crippen LogP contribution in [-0.4, -0.2) is 27.9 Å². The minimum atomic E-state index is -1.04. The van der Waals surface area contributed by atoms with Crippen molar-refractivity contribution >= 4 is 11.9 Å². The molecule has 1 N–H and O–H groups in total. The third-order valence-corrected chi connectivity index (χ3v) is 4.15. The van der Waals surface area contributed by atoms with Crippen LogP contribution in [0.15, 0.2) is 48.5 Å². The SMILES string of the molecule is O=C(O)[C@@H]1Cc2ccccc2CN1C(=O)Cc1ccccc1F. The molecule has 0 saturated carbocycles. The second-order valence-electron chi connectivity index (χ2n) is 5.62. The Kier molecular flexibility index (Phi) is 4.10. The van der Waals surface area contributed by atoms with Gasteiger partial charge in [0.05, 0.1) is 6.42 Å². The number of nitrogens with zero attached hydrogens (tertiary/aromatic N) is 1. The minimum Gasteiger partial charge on any atom is -0.480 e. The lowest BCUT2D eigenvalue weighted by Gasteiger charge is -2.34. The summed E-state index contributed by atoms with van der Waals surface area (Å²) in [6.07, 6.45) is 0.132. The number of rotatable bonds is 3. The van der Waals surface area contributed by atoms with Crippen LogP contribution in [0.3, 0.4) is 0 Å². The lowest BCUT2D eigenvalue weighted by molar-refractivity contribution is -0.151. The molecule has 4 nitrogen and oxygen atoms in total. The largest absolute Gasteiger partial charge is 0.480 e. The zero-order valence-corrected chi connectivity index (χ0v) is 12.4.